The zero-order valence-corrected chi connectivity index (χ0v) is 11.6. The van der Waals surface area contributed by atoms with Gasteiger partial charge in [0.25, 0.3) is 0 Å². The standard InChI is InChI=1S/C14H17N3O4/c1-8(13(19)20)15-12(18)4-2-3-9-5-6-10-11(7-9)17-14(21)16-10/h5-8H,2-4H2,1H3,(H,15,18)(H,19,20)(H2,16,17,21)/t8-/m0/s1. The van der Waals surface area contributed by atoms with Crippen LogP contribution in [-0.4, -0.2) is 33.0 Å². The third-order valence-corrected chi connectivity index (χ3v) is 3.20. The summed E-state index contributed by atoms with van der Waals surface area (Å²) < 4.78 is 0. The van der Waals surface area contributed by atoms with Gasteiger partial charge in [0, 0.05) is 6.42 Å². The van der Waals surface area contributed by atoms with Crippen LogP contribution in [0.25, 0.3) is 11.0 Å². The minimum absolute atomic E-state index is 0.246. The van der Waals surface area contributed by atoms with Gasteiger partial charge >= 0.3 is 11.7 Å². The Morgan fingerprint density at radius 1 is 1.29 bits per heavy atom. The number of rotatable bonds is 6. The van der Waals surface area contributed by atoms with Gasteiger partial charge < -0.3 is 20.4 Å². The molecular formula is C14H17N3O4. The second-order valence-corrected chi connectivity index (χ2v) is 4.94. The summed E-state index contributed by atoms with van der Waals surface area (Å²) in [5, 5.41) is 11.1. The van der Waals surface area contributed by atoms with Crippen molar-refractivity contribution in [1.29, 1.82) is 0 Å². The maximum atomic E-state index is 11.5. The van der Waals surface area contributed by atoms with Gasteiger partial charge in [0.05, 0.1) is 11.0 Å². The minimum atomic E-state index is -1.05. The van der Waals surface area contributed by atoms with Gasteiger partial charge in [-0.05, 0) is 37.5 Å². The van der Waals surface area contributed by atoms with Crippen molar-refractivity contribution in [2.75, 3.05) is 0 Å². The zero-order valence-electron chi connectivity index (χ0n) is 11.6. The summed E-state index contributed by atoms with van der Waals surface area (Å²) in [7, 11) is 0. The number of hydrogen-bond donors (Lipinski definition) is 4. The highest BCUT2D eigenvalue weighted by molar-refractivity contribution is 5.83. The SMILES string of the molecule is C[C@H](NC(=O)CCCc1ccc2[nH]c(=O)[nH]c2c1)C(=O)O. The van der Waals surface area contributed by atoms with Crippen molar-refractivity contribution in [3.8, 4) is 0 Å². The predicted molar refractivity (Wildman–Crippen MR) is 77.1 cm³/mol. The molecule has 1 aromatic carbocycles. The van der Waals surface area contributed by atoms with Crippen LogP contribution >= 0.6 is 0 Å². The zero-order chi connectivity index (χ0) is 15.4. The van der Waals surface area contributed by atoms with E-state index in [1.165, 1.54) is 6.92 Å². The molecule has 0 fully saturated rings. The number of carbonyl (C=O) groups excluding carboxylic acids is 1. The van der Waals surface area contributed by atoms with Gasteiger partial charge in [-0.15, -0.1) is 0 Å². The van der Waals surface area contributed by atoms with Gasteiger partial charge in [-0.2, -0.15) is 0 Å². The van der Waals surface area contributed by atoms with Crippen LogP contribution in [0.4, 0.5) is 0 Å². The molecule has 1 amide bonds. The molecule has 0 aliphatic carbocycles. The maximum absolute atomic E-state index is 11.5. The number of imidazole rings is 1. The van der Waals surface area contributed by atoms with Crippen molar-refractivity contribution < 1.29 is 14.7 Å². The Balaban J connectivity index is 1.85. The molecule has 1 aromatic heterocycles. The van der Waals surface area contributed by atoms with E-state index in [2.05, 4.69) is 15.3 Å². The van der Waals surface area contributed by atoms with E-state index in [0.29, 0.717) is 12.8 Å². The van der Waals surface area contributed by atoms with E-state index in [1.54, 1.807) is 0 Å². The van der Waals surface area contributed by atoms with E-state index in [0.717, 1.165) is 16.6 Å². The Morgan fingerprint density at radius 3 is 2.71 bits per heavy atom. The fraction of sp³-hybridized carbons (Fsp3) is 0.357. The molecule has 0 aliphatic heterocycles. The maximum Gasteiger partial charge on any atom is 0.325 e. The third-order valence-electron chi connectivity index (χ3n) is 3.20. The fourth-order valence-corrected chi connectivity index (χ4v) is 2.06. The van der Waals surface area contributed by atoms with Gasteiger partial charge in [0.1, 0.15) is 6.04 Å². The quantitative estimate of drug-likeness (QED) is 0.629. The van der Waals surface area contributed by atoms with Crippen molar-refractivity contribution in [3.05, 3.63) is 34.2 Å². The van der Waals surface area contributed by atoms with Crippen LogP contribution in [0, 0.1) is 0 Å². The molecule has 2 aromatic rings. The van der Waals surface area contributed by atoms with Crippen molar-refractivity contribution in [2.24, 2.45) is 0 Å². The number of aliphatic carboxylic acids is 1. The highest BCUT2D eigenvalue weighted by Crippen LogP contribution is 2.12. The van der Waals surface area contributed by atoms with Gasteiger partial charge in [0.15, 0.2) is 0 Å². The Hall–Kier alpha value is -2.57. The van der Waals surface area contributed by atoms with E-state index in [1.807, 2.05) is 18.2 Å². The molecule has 0 unspecified atom stereocenters. The normalized spacial score (nSPS) is 12.2. The van der Waals surface area contributed by atoms with Crippen LogP contribution in [0.1, 0.15) is 25.3 Å². The summed E-state index contributed by atoms with van der Waals surface area (Å²) in [6.45, 7) is 1.43. The van der Waals surface area contributed by atoms with Gasteiger partial charge in [0.2, 0.25) is 5.91 Å². The summed E-state index contributed by atoms with van der Waals surface area (Å²) >= 11 is 0. The monoisotopic (exact) mass is 291 g/mol. The minimum Gasteiger partial charge on any atom is -0.480 e. The first-order valence-corrected chi connectivity index (χ1v) is 6.69. The Bertz CT molecular complexity index is 716. The van der Waals surface area contributed by atoms with E-state index in [9.17, 15) is 14.4 Å². The molecule has 0 bridgehead atoms. The molecule has 21 heavy (non-hydrogen) atoms. The number of carbonyl (C=O) groups is 2. The predicted octanol–water partition coefficient (Wildman–Crippen LogP) is 0.768. The smallest absolute Gasteiger partial charge is 0.325 e. The molecule has 0 radical (unpaired) electrons. The van der Waals surface area contributed by atoms with E-state index < -0.39 is 12.0 Å². The Kier molecular flexibility index (Phi) is 4.42. The van der Waals surface area contributed by atoms with Crippen molar-refractivity contribution >= 4 is 22.9 Å². The molecule has 7 nitrogen and oxygen atoms in total. The molecule has 4 N–H and O–H groups in total. The molecule has 1 atom stereocenters. The molecule has 2 rings (SSSR count). The molecule has 0 saturated heterocycles. The van der Waals surface area contributed by atoms with Crippen LogP contribution in [-0.2, 0) is 16.0 Å². The average molecular weight is 291 g/mol. The lowest BCUT2D eigenvalue weighted by atomic mass is 10.1. The van der Waals surface area contributed by atoms with E-state index >= 15 is 0 Å². The lowest BCUT2D eigenvalue weighted by Crippen LogP contribution is -2.38. The average Bonchev–Trinajstić information content (AvgIpc) is 2.77. The number of fused-ring (bicyclic) bond motifs is 1. The number of nitrogens with one attached hydrogen (secondary N) is 3. The number of benzene rings is 1. The number of carboxylic acids is 1. The first-order valence-electron chi connectivity index (χ1n) is 6.69. The molecule has 7 heteroatoms. The summed E-state index contributed by atoms with van der Waals surface area (Å²) in [5.41, 5.74) is 2.25. The van der Waals surface area contributed by atoms with E-state index in [4.69, 9.17) is 5.11 Å². The summed E-state index contributed by atoms with van der Waals surface area (Å²) in [4.78, 5) is 38.6. The molecular weight excluding hydrogens is 274 g/mol. The van der Waals surface area contributed by atoms with Crippen LogP contribution in [0.2, 0.25) is 0 Å². The lowest BCUT2D eigenvalue weighted by Gasteiger charge is -2.08. The van der Waals surface area contributed by atoms with Crippen LogP contribution in [0.5, 0.6) is 0 Å². The van der Waals surface area contributed by atoms with Crippen molar-refractivity contribution in [3.63, 3.8) is 0 Å². The molecule has 0 aliphatic rings. The summed E-state index contributed by atoms with van der Waals surface area (Å²) in [6, 6.07) is 4.70. The second-order valence-electron chi connectivity index (χ2n) is 4.94. The number of aromatic amines is 2. The number of amides is 1. The molecule has 0 saturated carbocycles. The van der Waals surface area contributed by atoms with Gasteiger partial charge in [-0.1, -0.05) is 6.07 Å². The summed E-state index contributed by atoms with van der Waals surface area (Å²) in [6.07, 6.45) is 1.55. The first-order chi connectivity index (χ1) is 9.95. The first kappa shape index (κ1) is 14.8. The van der Waals surface area contributed by atoms with Crippen molar-refractivity contribution in [1.82, 2.24) is 15.3 Å². The highest BCUT2D eigenvalue weighted by Gasteiger charge is 2.13. The van der Waals surface area contributed by atoms with Gasteiger partial charge in [-0.25, -0.2) is 4.79 Å². The third kappa shape index (κ3) is 3.95. The number of H-pyrrole nitrogens is 2. The molecule has 0 spiro atoms. The molecule has 112 valence electrons. The second kappa shape index (κ2) is 6.25. The van der Waals surface area contributed by atoms with Gasteiger partial charge in [-0.3, -0.25) is 9.59 Å². The Morgan fingerprint density at radius 2 is 2.00 bits per heavy atom. The Labute approximate surface area is 120 Å². The number of aryl methyl sites for hydroxylation is 1. The van der Waals surface area contributed by atoms with Crippen LogP contribution in [0.15, 0.2) is 23.0 Å². The van der Waals surface area contributed by atoms with Crippen LogP contribution in [0.3, 0.4) is 0 Å². The molecule has 1 heterocycles. The fourth-order valence-electron chi connectivity index (χ4n) is 2.06. The van der Waals surface area contributed by atoms with Crippen LogP contribution < -0.4 is 11.0 Å². The number of hydrogen-bond acceptors (Lipinski definition) is 3. The lowest BCUT2D eigenvalue weighted by molar-refractivity contribution is -0.141. The highest BCUT2D eigenvalue weighted by atomic mass is 16.4. The number of carboxylic acid groups (broad SMARTS) is 1. The topological polar surface area (TPSA) is 115 Å². The summed E-state index contributed by atoms with van der Waals surface area (Å²) in [5.74, 6) is -1.33. The number of aromatic nitrogens is 2. The van der Waals surface area contributed by atoms with Crippen molar-refractivity contribution in [2.45, 2.75) is 32.2 Å². The van der Waals surface area contributed by atoms with E-state index in [-0.39, 0.29) is 18.0 Å². The largest absolute Gasteiger partial charge is 0.480 e.